The number of hydrogen-bond donors (Lipinski definition) is 3. The second-order valence-corrected chi connectivity index (χ2v) is 8.64. The summed E-state index contributed by atoms with van der Waals surface area (Å²) >= 11 is 0. The van der Waals surface area contributed by atoms with Gasteiger partial charge in [0.2, 0.25) is 0 Å². The summed E-state index contributed by atoms with van der Waals surface area (Å²) in [5.74, 6) is 0.296. The second-order valence-electron chi connectivity index (χ2n) is 8.64. The lowest BCUT2D eigenvalue weighted by atomic mass is 10.1. The molecule has 156 valence electrons. The highest BCUT2D eigenvalue weighted by atomic mass is 16.2. The summed E-state index contributed by atoms with van der Waals surface area (Å²) in [6.45, 7) is 17.1. The fourth-order valence-corrected chi connectivity index (χ4v) is 4.10. The number of hydrogen-bond acceptors (Lipinski definition) is 2. The molecule has 0 radical (unpaired) electrons. The quantitative estimate of drug-likeness (QED) is 0.597. The molecule has 0 saturated carbocycles. The van der Waals surface area contributed by atoms with Crippen LogP contribution < -0.4 is 15.1 Å². The Kier molecular flexibility index (Phi) is 8.01. The number of aryl methyl sites for hydroxylation is 1. The number of carbonyl (C=O) groups excluding carboxylic acids is 2. The molecule has 0 aliphatic carbocycles. The normalized spacial score (nSPS) is 19.7. The maximum atomic E-state index is 12.7. The molecule has 6 heteroatoms. The molecule has 1 aliphatic rings. The number of anilines is 1. The Bertz CT molecular complexity index is 671. The Hall–Kier alpha value is -1.92. The smallest absolute Gasteiger partial charge is 0.279 e. The molecule has 2 rings (SSSR count). The van der Waals surface area contributed by atoms with Gasteiger partial charge in [0.1, 0.15) is 26.2 Å². The van der Waals surface area contributed by atoms with Crippen LogP contribution >= 0.6 is 0 Å². The van der Waals surface area contributed by atoms with Crippen LogP contribution in [0.15, 0.2) is 18.2 Å². The number of amides is 2. The first-order valence-corrected chi connectivity index (χ1v) is 10.5. The van der Waals surface area contributed by atoms with Gasteiger partial charge in [0.25, 0.3) is 11.8 Å². The van der Waals surface area contributed by atoms with Crippen LogP contribution in [0.25, 0.3) is 0 Å². The second kappa shape index (κ2) is 10.0. The Morgan fingerprint density at radius 2 is 1.50 bits per heavy atom. The summed E-state index contributed by atoms with van der Waals surface area (Å²) in [6.07, 6.45) is 0. The minimum atomic E-state index is 0.0639. The molecule has 0 unspecified atom stereocenters. The van der Waals surface area contributed by atoms with Crippen LogP contribution in [0.5, 0.6) is 0 Å². The summed E-state index contributed by atoms with van der Waals surface area (Å²) in [5, 5.41) is 3.05. The Balaban J connectivity index is 1.79. The van der Waals surface area contributed by atoms with Crippen molar-refractivity contribution in [2.45, 2.75) is 53.6 Å². The molecule has 6 nitrogen and oxygen atoms in total. The van der Waals surface area contributed by atoms with Gasteiger partial charge in [0.15, 0.2) is 13.1 Å². The van der Waals surface area contributed by atoms with Crippen molar-refractivity contribution in [1.82, 2.24) is 4.90 Å². The number of rotatable bonds is 7. The minimum absolute atomic E-state index is 0.0639. The molecule has 0 bridgehead atoms. The van der Waals surface area contributed by atoms with E-state index in [4.69, 9.17) is 0 Å². The predicted molar refractivity (Wildman–Crippen MR) is 113 cm³/mol. The van der Waals surface area contributed by atoms with E-state index >= 15 is 0 Å². The van der Waals surface area contributed by atoms with Crippen LogP contribution in [0.4, 0.5) is 5.69 Å². The third-order valence-electron chi connectivity index (χ3n) is 5.76. The lowest BCUT2D eigenvalue weighted by Crippen LogP contribution is -3.28. The molecule has 3 N–H and O–H groups in total. The van der Waals surface area contributed by atoms with E-state index < -0.39 is 0 Å². The third kappa shape index (κ3) is 6.04. The molecule has 2 amide bonds. The molecule has 0 spiro atoms. The van der Waals surface area contributed by atoms with Gasteiger partial charge in [-0.2, -0.15) is 0 Å². The van der Waals surface area contributed by atoms with E-state index in [2.05, 4.69) is 46.0 Å². The van der Waals surface area contributed by atoms with Crippen molar-refractivity contribution in [3.05, 3.63) is 29.3 Å². The number of carbonyl (C=O) groups is 2. The maximum Gasteiger partial charge on any atom is 0.279 e. The van der Waals surface area contributed by atoms with Crippen molar-refractivity contribution in [1.29, 1.82) is 0 Å². The zero-order chi connectivity index (χ0) is 20.8. The monoisotopic (exact) mass is 390 g/mol. The molecular formula is C22H38N4O2+2. The molecule has 1 aliphatic heterocycles. The van der Waals surface area contributed by atoms with E-state index in [1.54, 1.807) is 0 Å². The molecule has 1 aromatic carbocycles. The van der Waals surface area contributed by atoms with E-state index in [1.165, 1.54) is 15.4 Å². The highest BCUT2D eigenvalue weighted by Crippen LogP contribution is 2.17. The van der Waals surface area contributed by atoms with Gasteiger partial charge in [-0.05, 0) is 58.7 Å². The first-order chi connectivity index (χ1) is 13.2. The zero-order valence-corrected chi connectivity index (χ0v) is 18.4. The van der Waals surface area contributed by atoms with Gasteiger partial charge < -0.3 is 20.0 Å². The van der Waals surface area contributed by atoms with Crippen molar-refractivity contribution in [3.63, 3.8) is 0 Å². The molecule has 1 saturated heterocycles. The van der Waals surface area contributed by atoms with Gasteiger partial charge in [-0.15, -0.1) is 0 Å². The van der Waals surface area contributed by atoms with E-state index in [1.807, 2.05) is 24.0 Å². The standard InChI is InChI=1S/C22H36N4O2/c1-16(2)26(17(3)4)22(28)15-25-12-10-24(11-13-25)14-21(27)23-20-9-7-8-18(5)19(20)6/h7-9,16-17H,10-15H2,1-6H3,(H,23,27)/p+2. The number of benzene rings is 1. The number of nitrogens with zero attached hydrogens (tertiary/aromatic N) is 1. The van der Waals surface area contributed by atoms with Gasteiger partial charge in [-0.25, -0.2) is 0 Å². The molecule has 1 heterocycles. The van der Waals surface area contributed by atoms with Crippen molar-refractivity contribution in [3.8, 4) is 0 Å². The third-order valence-corrected chi connectivity index (χ3v) is 5.76. The van der Waals surface area contributed by atoms with Gasteiger partial charge in [-0.3, -0.25) is 9.59 Å². The van der Waals surface area contributed by atoms with Crippen LogP contribution in [-0.4, -0.2) is 68.1 Å². The Morgan fingerprint density at radius 3 is 2.04 bits per heavy atom. The first kappa shape index (κ1) is 22.4. The summed E-state index contributed by atoms with van der Waals surface area (Å²) in [4.78, 5) is 29.7. The average molecular weight is 391 g/mol. The van der Waals surface area contributed by atoms with E-state index in [0.29, 0.717) is 13.1 Å². The van der Waals surface area contributed by atoms with Crippen molar-refractivity contribution in [2.24, 2.45) is 0 Å². The van der Waals surface area contributed by atoms with Gasteiger partial charge in [0, 0.05) is 17.8 Å². The van der Waals surface area contributed by atoms with Crippen LogP contribution in [0.2, 0.25) is 0 Å². The lowest BCUT2D eigenvalue weighted by molar-refractivity contribution is -1.00. The maximum absolute atomic E-state index is 12.7. The number of piperazine rings is 1. The number of quaternary nitrogens is 2. The van der Waals surface area contributed by atoms with E-state index in [-0.39, 0.29) is 23.9 Å². The molecule has 1 fully saturated rings. The van der Waals surface area contributed by atoms with Crippen LogP contribution in [0.3, 0.4) is 0 Å². The molecule has 0 atom stereocenters. The predicted octanol–water partition coefficient (Wildman–Crippen LogP) is -0.329. The van der Waals surface area contributed by atoms with Gasteiger partial charge in [0.05, 0.1) is 0 Å². The highest BCUT2D eigenvalue weighted by Gasteiger charge is 2.29. The Labute approximate surface area is 169 Å². The fourth-order valence-electron chi connectivity index (χ4n) is 4.10. The fraction of sp³-hybridized carbons (Fsp3) is 0.636. The largest absolute Gasteiger partial charge is 0.333 e. The summed E-state index contributed by atoms with van der Waals surface area (Å²) in [6, 6.07) is 6.44. The zero-order valence-electron chi connectivity index (χ0n) is 18.4. The molecular weight excluding hydrogens is 352 g/mol. The van der Waals surface area contributed by atoms with Gasteiger partial charge >= 0.3 is 0 Å². The summed E-state index contributed by atoms with van der Waals surface area (Å²) in [7, 11) is 0. The van der Waals surface area contributed by atoms with Crippen molar-refractivity contribution >= 4 is 17.5 Å². The summed E-state index contributed by atoms with van der Waals surface area (Å²) < 4.78 is 0. The van der Waals surface area contributed by atoms with Crippen LogP contribution in [-0.2, 0) is 9.59 Å². The Morgan fingerprint density at radius 1 is 0.964 bits per heavy atom. The highest BCUT2D eigenvalue weighted by molar-refractivity contribution is 5.92. The topological polar surface area (TPSA) is 58.3 Å². The average Bonchev–Trinajstić information content (AvgIpc) is 2.60. The van der Waals surface area contributed by atoms with E-state index in [9.17, 15) is 9.59 Å². The van der Waals surface area contributed by atoms with Crippen LogP contribution in [0.1, 0.15) is 38.8 Å². The minimum Gasteiger partial charge on any atom is -0.333 e. The molecule has 28 heavy (non-hydrogen) atoms. The first-order valence-electron chi connectivity index (χ1n) is 10.5. The number of nitrogens with one attached hydrogen (secondary N) is 3. The lowest BCUT2D eigenvalue weighted by Gasteiger charge is -2.34. The molecule has 0 aromatic heterocycles. The van der Waals surface area contributed by atoms with Crippen LogP contribution in [0, 0.1) is 13.8 Å². The van der Waals surface area contributed by atoms with Crippen molar-refractivity contribution in [2.75, 3.05) is 44.6 Å². The SMILES string of the molecule is Cc1cccc(NC(=O)C[NH+]2CC[NH+](CC(=O)N(C(C)C)C(C)C)CC2)c1C. The summed E-state index contributed by atoms with van der Waals surface area (Å²) in [5.41, 5.74) is 3.21. The van der Waals surface area contributed by atoms with Crippen molar-refractivity contribution < 1.29 is 19.4 Å². The van der Waals surface area contributed by atoms with Gasteiger partial charge in [-0.1, -0.05) is 12.1 Å². The molecule has 1 aromatic rings. The van der Waals surface area contributed by atoms with E-state index in [0.717, 1.165) is 37.4 Å².